The van der Waals surface area contributed by atoms with Crippen molar-refractivity contribution in [3.8, 4) is 0 Å². The SMILES string of the molecule is CC(O)c1cc(Cl)ccc1CN. The molecule has 1 atom stereocenters. The number of aliphatic hydroxyl groups excluding tert-OH is 1. The average molecular weight is 186 g/mol. The van der Waals surface area contributed by atoms with Gasteiger partial charge < -0.3 is 10.8 Å². The molecule has 0 fully saturated rings. The second-order valence-electron chi connectivity index (χ2n) is 2.72. The lowest BCUT2D eigenvalue weighted by molar-refractivity contribution is 0.198. The molecule has 2 nitrogen and oxygen atoms in total. The maximum absolute atomic E-state index is 9.35. The minimum absolute atomic E-state index is 0.428. The molecule has 66 valence electrons. The third-order valence-electron chi connectivity index (χ3n) is 1.78. The van der Waals surface area contributed by atoms with Crippen LogP contribution in [0.5, 0.6) is 0 Å². The molecule has 0 radical (unpaired) electrons. The lowest BCUT2D eigenvalue weighted by Gasteiger charge is -2.10. The molecule has 1 aromatic carbocycles. The highest BCUT2D eigenvalue weighted by atomic mass is 35.5. The van der Waals surface area contributed by atoms with Crippen LogP contribution in [0.1, 0.15) is 24.2 Å². The van der Waals surface area contributed by atoms with Crippen molar-refractivity contribution in [2.24, 2.45) is 5.73 Å². The van der Waals surface area contributed by atoms with E-state index in [-0.39, 0.29) is 0 Å². The lowest BCUT2D eigenvalue weighted by Crippen LogP contribution is -2.03. The maximum Gasteiger partial charge on any atom is 0.0765 e. The normalized spacial score (nSPS) is 13.0. The van der Waals surface area contributed by atoms with E-state index >= 15 is 0 Å². The van der Waals surface area contributed by atoms with Gasteiger partial charge in [-0.1, -0.05) is 17.7 Å². The fourth-order valence-electron chi connectivity index (χ4n) is 1.14. The maximum atomic E-state index is 9.35. The number of hydrogen-bond acceptors (Lipinski definition) is 2. The van der Waals surface area contributed by atoms with Gasteiger partial charge in [-0.05, 0) is 30.2 Å². The molecular formula is C9H12ClNO. The minimum atomic E-state index is -0.512. The van der Waals surface area contributed by atoms with E-state index in [9.17, 15) is 5.11 Å². The average Bonchev–Trinajstić information content (AvgIpc) is 2.04. The Kier molecular flexibility index (Phi) is 3.09. The Hall–Kier alpha value is -0.570. The molecule has 0 saturated carbocycles. The molecule has 1 rings (SSSR count). The molecule has 0 bridgehead atoms. The Morgan fingerprint density at radius 3 is 2.75 bits per heavy atom. The summed E-state index contributed by atoms with van der Waals surface area (Å²) in [6, 6.07) is 5.36. The summed E-state index contributed by atoms with van der Waals surface area (Å²) in [5.74, 6) is 0. The van der Waals surface area contributed by atoms with Crippen molar-refractivity contribution in [1.29, 1.82) is 0 Å². The van der Waals surface area contributed by atoms with Crippen LogP contribution in [0.4, 0.5) is 0 Å². The van der Waals surface area contributed by atoms with Crippen molar-refractivity contribution in [3.63, 3.8) is 0 Å². The molecule has 0 amide bonds. The van der Waals surface area contributed by atoms with E-state index < -0.39 is 6.10 Å². The van der Waals surface area contributed by atoms with Gasteiger partial charge in [0.25, 0.3) is 0 Å². The Labute approximate surface area is 77.0 Å². The third-order valence-corrected chi connectivity index (χ3v) is 2.01. The molecule has 0 aliphatic rings. The van der Waals surface area contributed by atoms with Gasteiger partial charge in [0.1, 0.15) is 0 Å². The van der Waals surface area contributed by atoms with Crippen molar-refractivity contribution in [2.45, 2.75) is 19.6 Å². The number of halogens is 1. The highest BCUT2D eigenvalue weighted by Crippen LogP contribution is 2.21. The van der Waals surface area contributed by atoms with Crippen molar-refractivity contribution in [3.05, 3.63) is 34.3 Å². The molecule has 0 heterocycles. The molecule has 0 aliphatic carbocycles. The Balaban J connectivity index is 3.12. The van der Waals surface area contributed by atoms with Gasteiger partial charge in [-0.15, -0.1) is 0 Å². The molecule has 0 aromatic heterocycles. The molecular weight excluding hydrogens is 174 g/mol. The van der Waals surface area contributed by atoms with Gasteiger partial charge in [-0.25, -0.2) is 0 Å². The quantitative estimate of drug-likeness (QED) is 0.739. The first-order valence-electron chi connectivity index (χ1n) is 3.81. The van der Waals surface area contributed by atoms with Crippen LogP contribution in [0, 0.1) is 0 Å². The predicted molar refractivity (Wildman–Crippen MR) is 50.0 cm³/mol. The molecule has 12 heavy (non-hydrogen) atoms. The highest BCUT2D eigenvalue weighted by Gasteiger charge is 2.06. The lowest BCUT2D eigenvalue weighted by atomic mass is 10.0. The first kappa shape index (κ1) is 9.52. The minimum Gasteiger partial charge on any atom is -0.389 e. The van der Waals surface area contributed by atoms with Gasteiger partial charge in [-0.3, -0.25) is 0 Å². The Morgan fingerprint density at radius 2 is 2.25 bits per heavy atom. The highest BCUT2D eigenvalue weighted by molar-refractivity contribution is 6.30. The van der Waals surface area contributed by atoms with E-state index in [1.54, 1.807) is 19.1 Å². The summed E-state index contributed by atoms with van der Waals surface area (Å²) >= 11 is 5.77. The molecule has 3 heteroatoms. The first-order chi connectivity index (χ1) is 5.65. The number of nitrogens with two attached hydrogens (primary N) is 1. The van der Waals surface area contributed by atoms with Crippen molar-refractivity contribution < 1.29 is 5.11 Å². The number of aliphatic hydroxyl groups is 1. The van der Waals surface area contributed by atoms with E-state index in [0.29, 0.717) is 11.6 Å². The van der Waals surface area contributed by atoms with Crippen LogP contribution >= 0.6 is 11.6 Å². The van der Waals surface area contributed by atoms with E-state index in [2.05, 4.69) is 0 Å². The molecule has 0 aliphatic heterocycles. The Bertz CT molecular complexity index is 273. The summed E-state index contributed by atoms with van der Waals surface area (Å²) < 4.78 is 0. The monoisotopic (exact) mass is 185 g/mol. The largest absolute Gasteiger partial charge is 0.389 e. The van der Waals surface area contributed by atoms with Crippen LogP contribution in [0.2, 0.25) is 5.02 Å². The topological polar surface area (TPSA) is 46.2 Å². The molecule has 1 aromatic rings. The third kappa shape index (κ3) is 1.97. The van der Waals surface area contributed by atoms with E-state index in [4.69, 9.17) is 17.3 Å². The van der Waals surface area contributed by atoms with Crippen LogP contribution < -0.4 is 5.73 Å². The smallest absolute Gasteiger partial charge is 0.0765 e. The Morgan fingerprint density at radius 1 is 1.58 bits per heavy atom. The van der Waals surface area contributed by atoms with Gasteiger partial charge in [0.15, 0.2) is 0 Å². The van der Waals surface area contributed by atoms with Gasteiger partial charge in [0.2, 0.25) is 0 Å². The molecule has 3 N–H and O–H groups in total. The zero-order chi connectivity index (χ0) is 9.14. The van der Waals surface area contributed by atoms with Crippen molar-refractivity contribution >= 4 is 11.6 Å². The summed E-state index contributed by atoms with van der Waals surface area (Å²) in [7, 11) is 0. The second kappa shape index (κ2) is 3.90. The zero-order valence-corrected chi connectivity index (χ0v) is 7.67. The summed E-state index contributed by atoms with van der Waals surface area (Å²) in [5, 5.41) is 9.97. The number of benzene rings is 1. The molecule has 0 spiro atoms. The van der Waals surface area contributed by atoms with Gasteiger partial charge >= 0.3 is 0 Å². The van der Waals surface area contributed by atoms with Gasteiger partial charge in [0, 0.05) is 11.6 Å². The molecule has 0 saturated heterocycles. The fourth-order valence-corrected chi connectivity index (χ4v) is 1.32. The van der Waals surface area contributed by atoms with Crippen LogP contribution in [0.3, 0.4) is 0 Å². The van der Waals surface area contributed by atoms with E-state index in [1.807, 2.05) is 6.07 Å². The van der Waals surface area contributed by atoms with Crippen molar-refractivity contribution in [2.75, 3.05) is 0 Å². The van der Waals surface area contributed by atoms with Crippen LogP contribution in [-0.4, -0.2) is 5.11 Å². The number of hydrogen-bond donors (Lipinski definition) is 2. The summed E-state index contributed by atoms with van der Waals surface area (Å²) in [5.41, 5.74) is 7.23. The summed E-state index contributed by atoms with van der Waals surface area (Å²) in [6.07, 6.45) is -0.512. The number of rotatable bonds is 2. The van der Waals surface area contributed by atoms with Crippen molar-refractivity contribution in [1.82, 2.24) is 0 Å². The van der Waals surface area contributed by atoms with Crippen LogP contribution in [0.15, 0.2) is 18.2 Å². The summed E-state index contributed by atoms with van der Waals surface area (Å²) in [6.45, 7) is 2.13. The van der Waals surface area contributed by atoms with Gasteiger partial charge in [-0.2, -0.15) is 0 Å². The standard InChI is InChI=1S/C9H12ClNO/c1-6(12)9-4-8(10)3-2-7(9)5-11/h2-4,6,12H,5,11H2,1H3. The molecule has 1 unspecified atom stereocenters. The van der Waals surface area contributed by atoms with E-state index in [1.165, 1.54) is 0 Å². The predicted octanol–water partition coefficient (Wildman–Crippen LogP) is 1.85. The summed E-state index contributed by atoms with van der Waals surface area (Å²) in [4.78, 5) is 0. The van der Waals surface area contributed by atoms with Gasteiger partial charge in [0.05, 0.1) is 6.10 Å². The van der Waals surface area contributed by atoms with Crippen LogP contribution in [-0.2, 0) is 6.54 Å². The second-order valence-corrected chi connectivity index (χ2v) is 3.16. The first-order valence-corrected chi connectivity index (χ1v) is 4.19. The van der Waals surface area contributed by atoms with Crippen LogP contribution in [0.25, 0.3) is 0 Å². The fraction of sp³-hybridized carbons (Fsp3) is 0.333. The van der Waals surface area contributed by atoms with E-state index in [0.717, 1.165) is 11.1 Å². The zero-order valence-electron chi connectivity index (χ0n) is 6.92.